The molecule has 3 heteroatoms. The van der Waals surface area contributed by atoms with Crippen molar-refractivity contribution in [2.75, 3.05) is 13.1 Å². The predicted octanol–water partition coefficient (Wildman–Crippen LogP) is 4.01. The smallest absolute Gasteiger partial charge is 0.0775 e. The van der Waals surface area contributed by atoms with Gasteiger partial charge in [-0.25, -0.2) is 0 Å². The van der Waals surface area contributed by atoms with Crippen LogP contribution >= 0.6 is 0 Å². The second-order valence-electron chi connectivity index (χ2n) is 6.70. The number of hydrogen-bond acceptors (Lipinski definition) is 2. The van der Waals surface area contributed by atoms with E-state index in [1.165, 1.54) is 61.5 Å². The van der Waals surface area contributed by atoms with Crippen molar-refractivity contribution in [2.45, 2.75) is 56.9 Å². The standard InChI is InChI=1S/C18H25N3/c1-2-4-8-14(9-5-3-1)18-16-10-6-7-11-17(16)21(20-18)15-12-19-13-15/h6-7,10-11,14-15,19H,1-5,8-9,12-13H2. The van der Waals surface area contributed by atoms with Gasteiger partial charge in [-0.3, -0.25) is 4.68 Å². The normalized spacial score (nSPS) is 21.9. The third-order valence-electron chi connectivity index (χ3n) is 5.24. The van der Waals surface area contributed by atoms with Crippen molar-refractivity contribution in [3.05, 3.63) is 30.0 Å². The molecule has 1 aromatic carbocycles. The molecule has 2 aromatic rings. The van der Waals surface area contributed by atoms with Gasteiger partial charge in [0.1, 0.15) is 0 Å². The van der Waals surface area contributed by atoms with Crippen molar-refractivity contribution in [2.24, 2.45) is 0 Å². The summed E-state index contributed by atoms with van der Waals surface area (Å²) in [7, 11) is 0. The van der Waals surface area contributed by atoms with Gasteiger partial charge in [-0.05, 0) is 18.9 Å². The summed E-state index contributed by atoms with van der Waals surface area (Å²) in [5.41, 5.74) is 2.71. The van der Waals surface area contributed by atoms with Crippen LogP contribution in [0.4, 0.5) is 0 Å². The molecule has 0 unspecified atom stereocenters. The van der Waals surface area contributed by atoms with Crippen LogP contribution in [0.5, 0.6) is 0 Å². The van der Waals surface area contributed by atoms with Crippen LogP contribution in [0.1, 0.15) is 62.6 Å². The molecule has 2 aliphatic rings. The summed E-state index contributed by atoms with van der Waals surface area (Å²) in [6, 6.07) is 9.39. The van der Waals surface area contributed by atoms with E-state index in [-0.39, 0.29) is 0 Å². The number of para-hydroxylation sites is 1. The third-order valence-corrected chi connectivity index (χ3v) is 5.24. The summed E-state index contributed by atoms with van der Waals surface area (Å²) < 4.78 is 2.29. The second kappa shape index (κ2) is 5.80. The van der Waals surface area contributed by atoms with Crippen molar-refractivity contribution in [3.63, 3.8) is 0 Å². The zero-order valence-electron chi connectivity index (χ0n) is 12.7. The Hall–Kier alpha value is -1.35. The minimum absolute atomic E-state index is 0.553. The molecule has 0 radical (unpaired) electrons. The van der Waals surface area contributed by atoms with Gasteiger partial charge in [-0.1, -0.05) is 50.3 Å². The molecule has 0 spiro atoms. The highest BCUT2D eigenvalue weighted by molar-refractivity contribution is 5.82. The van der Waals surface area contributed by atoms with E-state index in [1.54, 1.807) is 0 Å². The molecule has 1 aliphatic carbocycles. The van der Waals surface area contributed by atoms with Crippen LogP contribution in [0.15, 0.2) is 24.3 Å². The molecule has 4 rings (SSSR count). The molecule has 3 nitrogen and oxygen atoms in total. The minimum atomic E-state index is 0.553. The first-order chi connectivity index (χ1) is 10.4. The lowest BCUT2D eigenvalue weighted by molar-refractivity contribution is 0.322. The molecule has 0 amide bonds. The van der Waals surface area contributed by atoms with E-state index >= 15 is 0 Å². The van der Waals surface area contributed by atoms with Gasteiger partial charge in [0.25, 0.3) is 0 Å². The van der Waals surface area contributed by atoms with E-state index in [1.807, 2.05) is 0 Å². The maximum Gasteiger partial charge on any atom is 0.0775 e. The summed E-state index contributed by atoms with van der Waals surface area (Å²) in [4.78, 5) is 0. The van der Waals surface area contributed by atoms with Gasteiger partial charge in [0.05, 0.1) is 17.3 Å². The Morgan fingerprint density at radius 1 is 0.952 bits per heavy atom. The van der Waals surface area contributed by atoms with Gasteiger partial charge in [-0.15, -0.1) is 0 Å². The number of nitrogens with zero attached hydrogens (tertiary/aromatic N) is 2. The molecule has 21 heavy (non-hydrogen) atoms. The van der Waals surface area contributed by atoms with E-state index < -0.39 is 0 Å². The Labute approximate surface area is 126 Å². The van der Waals surface area contributed by atoms with Gasteiger partial charge in [0, 0.05) is 24.4 Å². The molecule has 0 bridgehead atoms. The Morgan fingerprint density at radius 2 is 1.67 bits per heavy atom. The number of hydrogen-bond donors (Lipinski definition) is 1. The summed E-state index contributed by atoms with van der Waals surface area (Å²) >= 11 is 0. The predicted molar refractivity (Wildman–Crippen MR) is 86.7 cm³/mol. The Bertz CT molecular complexity index is 604. The second-order valence-corrected chi connectivity index (χ2v) is 6.70. The fraction of sp³-hybridized carbons (Fsp3) is 0.611. The van der Waals surface area contributed by atoms with Crippen LogP contribution < -0.4 is 5.32 Å². The average molecular weight is 283 g/mol. The lowest BCUT2D eigenvalue weighted by atomic mass is 9.88. The molecule has 0 atom stereocenters. The van der Waals surface area contributed by atoms with Crippen molar-refractivity contribution < 1.29 is 0 Å². The average Bonchev–Trinajstić information content (AvgIpc) is 2.77. The molecule has 1 saturated carbocycles. The minimum Gasteiger partial charge on any atom is -0.312 e. The fourth-order valence-electron chi connectivity index (χ4n) is 3.87. The van der Waals surface area contributed by atoms with Crippen LogP contribution in [-0.2, 0) is 0 Å². The lowest BCUT2D eigenvalue weighted by Gasteiger charge is -2.28. The molecule has 2 heterocycles. The Kier molecular flexibility index (Phi) is 3.68. The highest BCUT2D eigenvalue weighted by Gasteiger charge is 2.26. The molecule has 1 saturated heterocycles. The Balaban J connectivity index is 1.73. The number of fused-ring (bicyclic) bond motifs is 1. The van der Waals surface area contributed by atoms with Crippen LogP contribution in [0.25, 0.3) is 10.9 Å². The van der Waals surface area contributed by atoms with E-state index in [2.05, 4.69) is 34.3 Å². The first-order valence-electron chi connectivity index (χ1n) is 8.61. The third kappa shape index (κ3) is 2.48. The van der Waals surface area contributed by atoms with Crippen molar-refractivity contribution in [3.8, 4) is 0 Å². The monoisotopic (exact) mass is 283 g/mol. The van der Waals surface area contributed by atoms with Gasteiger partial charge >= 0.3 is 0 Å². The molecular weight excluding hydrogens is 258 g/mol. The highest BCUT2D eigenvalue weighted by Crippen LogP contribution is 2.35. The molecule has 2 fully saturated rings. The maximum absolute atomic E-state index is 5.08. The Morgan fingerprint density at radius 3 is 2.38 bits per heavy atom. The quantitative estimate of drug-likeness (QED) is 0.902. The first kappa shape index (κ1) is 13.3. The van der Waals surface area contributed by atoms with Crippen LogP contribution in [0, 0.1) is 0 Å². The summed E-state index contributed by atoms with van der Waals surface area (Å²) in [6.45, 7) is 2.13. The van der Waals surface area contributed by atoms with Crippen LogP contribution in [-0.4, -0.2) is 22.9 Å². The lowest BCUT2D eigenvalue weighted by Crippen LogP contribution is -2.43. The van der Waals surface area contributed by atoms with Crippen molar-refractivity contribution in [1.29, 1.82) is 0 Å². The molecule has 1 aromatic heterocycles. The van der Waals surface area contributed by atoms with Gasteiger partial charge < -0.3 is 5.32 Å². The van der Waals surface area contributed by atoms with E-state index in [9.17, 15) is 0 Å². The van der Waals surface area contributed by atoms with Gasteiger partial charge in [-0.2, -0.15) is 5.10 Å². The van der Waals surface area contributed by atoms with E-state index in [4.69, 9.17) is 5.10 Å². The number of aromatic nitrogens is 2. The fourth-order valence-corrected chi connectivity index (χ4v) is 3.87. The highest BCUT2D eigenvalue weighted by atomic mass is 15.3. The van der Waals surface area contributed by atoms with E-state index in [0.29, 0.717) is 12.0 Å². The number of rotatable bonds is 2. The van der Waals surface area contributed by atoms with Gasteiger partial charge in [0.2, 0.25) is 0 Å². The molecule has 112 valence electrons. The largest absolute Gasteiger partial charge is 0.312 e. The molecule has 1 N–H and O–H groups in total. The first-order valence-corrected chi connectivity index (χ1v) is 8.61. The van der Waals surface area contributed by atoms with E-state index in [0.717, 1.165) is 13.1 Å². The summed E-state index contributed by atoms with van der Waals surface area (Å²) in [5.74, 6) is 0.671. The van der Waals surface area contributed by atoms with Gasteiger partial charge in [0.15, 0.2) is 0 Å². The maximum atomic E-state index is 5.08. The number of nitrogens with one attached hydrogen (secondary N) is 1. The molecular formula is C18H25N3. The zero-order valence-corrected chi connectivity index (χ0v) is 12.7. The topological polar surface area (TPSA) is 29.9 Å². The zero-order chi connectivity index (χ0) is 14.1. The van der Waals surface area contributed by atoms with Crippen LogP contribution in [0.3, 0.4) is 0 Å². The SMILES string of the molecule is c1ccc2c(c1)c(C1CCCCCCC1)nn2C1CNC1. The summed E-state index contributed by atoms with van der Waals surface area (Å²) in [6.07, 6.45) is 9.63. The molecule has 1 aliphatic heterocycles. The van der Waals surface area contributed by atoms with Crippen molar-refractivity contribution in [1.82, 2.24) is 15.1 Å². The number of benzene rings is 1. The van der Waals surface area contributed by atoms with Crippen molar-refractivity contribution >= 4 is 10.9 Å². The van der Waals surface area contributed by atoms with Crippen LogP contribution in [0.2, 0.25) is 0 Å². The summed E-state index contributed by atoms with van der Waals surface area (Å²) in [5, 5.41) is 9.85.